The van der Waals surface area contributed by atoms with Crippen LogP contribution in [0.25, 0.3) is 10.4 Å². The third kappa shape index (κ3) is 1.52. The number of methoxy groups -OCH3 is 1. The lowest BCUT2D eigenvalue weighted by Gasteiger charge is -2.46. The molecule has 0 aromatic rings. The first kappa shape index (κ1) is 12.7. The summed E-state index contributed by atoms with van der Waals surface area (Å²) in [6.07, 6.45) is 2.84. The van der Waals surface area contributed by atoms with Crippen LogP contribution in [0.4, 0.5) is 0 Å². The number of hydrogen-bond acceptors (Lipinski definition) is 5. The zero-order chi connectivity index (χ0) is 13.6. The van der Waals surface area contributed by atoms with E-state index in [1.54, 1.807) is 0 Å². The molecule has 0 aromatic heterocycles. The van der Waals surface area contributed by atoms with Crippen molar-refractivity contribution in [1.82, 2.24) is 5.32 Å². The topological polar surface area (TPSA) is 96.3 Å². The van der Waals surface area contributed by atoms with Crippen LogP contribution in [0.3, 0.4) is 0 Å². The van der Waals surface area contributed by atoms with E-state index < -0.39 is 16.6 Å². The average Bonchev–Trinajstić information content (AvgIpc) is 2.81. The highest BCUT2D eigenvalue weighted by atomic mass is 16.6. The van der Waals surface area contributed by atoms with E-state index >= 15 is 0 Å². The summed E-state index contributed by atoms with van der Waals surface area (Å²) >= 11 is 0. The van der Waals surface area contributed by atoms with Crippen molar-refractivity contribution in [3.63, 3.8) is 0 Å². The predicted molar refractivity (Wildman–Crippen MR) is 66.3 cm³/mol. The number of carbonyl (C=O) groups excluding carboxylic acids is 1. The maximum Gasteiger partial charge on any atom is 0.314 e. The second kappa shape index (κ2) is 4.10. The van der Waals surface area contributed by atoms with Gasteiger partial charge < -0.3 is 14.8 Å². The number of rotatable bonds is 3. The molecule has 1 saturated carbocycles. The molecule has 1 N–H and O–H groups in total. The molecule has 3 heterocycles. The minimum atomic E-state index is -0.533. The monoisotopic (exact) mass is 266 g/mol. The summed E-state index contributed by atoms with van der Waals surface area (Å²) in [7, 11) is 1.43. The van der Waals surface area contributed by atoms with E-state index in [9.17, 15) is 4.79 Å². The number of hydrogen-bond donors (Lipinski definition) is 1. The van der Waals surface area contributed by atoms with Crippen LogP contribution in [-0.4, -0.2) is 43.9 Å². The molecule has 1 spiro atoms. The van der Waals surface area contributed by atoms with Gasteiger partial charge in [-0.2, -0.15) is 0 Å². The SMILES string of the molecule is COC(=O)C12CC(CN=[N+]=[N-])(C1)OC21CCNCC1. The van der Waals surface area contributed by atoms with Crippen molar-refractivity contribution in [1.29, 1.82) is 0 Å². The van der Waals surface area contributed by atoms with Crippen LogP contribution in [0.15, 0.2) is 5.11 Å². The molecule has 3 aliphatic heterocycles. The molecular weight excluding hydrogens is 248 g/mol. The number of carbonyl (C=O) groups is 1. The van der Waals surface area contributed by atoms with E-state index in [4.69, 9.17) is 15.0 Å². The lowest BCUT2D eigenvalue weighted by molar-refractivity contribution is -0.163. The summed E-state index contributed by atoms with van der Waals surface area (Å²) in [5.74, 6) is -0.177. The summed E-state index contributed by atoms with van der Waals surface area (Å²) < 4.78 is 11.3. The normalized spacial score (nSPS) is 38.4. The van der Waals surface area contributed by atoms with Gasteiger partial charge in [-0.1, -0.05) is 5.11 Å². The fourth-order valence-corrected chi connectivity index (χ4v) is 4.20. The zero-order valence-electron chi connectivity index (χ0n) is 11.0. The van der Waals surface area contributed by atoms with Crippen LogP contribution in [0.5, 0.6) is 0 Å². The Bertz CT molecular complexity index is 446. The summed E-state index contributed by atoms with van der Waals surface area (Å²) in [5, 5.41) is 6.94. The summed E-state index contributed by atoms with van der Waals surface area (Å²) in [6, 6.07) is 0. The Morgan fingerprint density at radius 3 is 2.74 bits per heavy atom. The van der Waals surface area contributed by atoms with Crippen LogP contribution in [0.1, 0.15) is 25.7 Å². The van der Waals surface area contributed by atoms with Gasteiger partial charge in [0.2, 0.25) is 0 Å². The van der Waals surface area contributed by atoms with E-state index in [0.717, 1.165) is 25.9 Å². The Kier molecular flexibility index (Phi) is 2.74. The van der Waals surface area contributed by atoms with Crippen molar-refractivity contribution in [3.8, 4) is 0 Å². The van der Waals surface area contributed by atoms with Crippen molar-refractivity contribution in [2.75, 3.05) is 26.7 Å². The number of nitrogens with zero attached hydrogens (tertiary/aromatic N) is 3. The van der Waals surface area contributed by atoms with Crippen LogP contribution >= 0.6 is 0 Å². The second-order valence-corrected chi connectivity index (χ2v) is 5.85. The van der Waals surface area contributed by atoms with Gasteiger partial charge in [-0.25, -0.2) is 0 Å². The summed E-state index contributed by atoms with van der Waals surface area (Å²) in [4.78, 5) is 15.0. The van der Waals surface area contributed by atoms with Gasteiger partial charge in [0.15, 0.2) is 0 Å². The van der Waals surface area contributed by atoms with E-state index in [1.165, 1.54) is 7.11 Å². The van der Waals surface area contributed by atoms with Gasteiger partial charge in [-0.05, 0) is 44.3 Å². The summed E-state index contributed by atoms with van der Waals surface area (Å²) in [5.41, 5.74) is 7.07. The van der Waals surface area contributed by atoms with E-state index in [2.05, 4.69) is 15.3 Å². The molecule has 7 nitrogen and oxygen atoms in total. The number of nitrogens with one attached hydrogen (secondary N) is 1. The molecular formula is C12H18N4O3. The van der Waals surface area contributed by atoms with Crippen molar-refractivity contribution >= 4 is 5.97 Å². The van der Waals surface area contributed by atoms with Crippen molar-refractivity contribution < 1.29 is 14.3 Å². The average molecular weight is 266 g/mol. The zero-order valence-corrected chi connectivity index (χ0v) is 11.0. The quantitative estimate of drug-likeness (QED) is 0.358. The third-order valence-electron chi connectivity index (χ3n) is 4.94. The third-order valence-corrected chi connectivity index (χ3v) is 4.94. The van der Waals surface area contributed by atoms with Gasteiger partial charge in [0.1, 0.15) is 5.41 Å². The van der Waals surface area contributed by atoms with E-state index in [-0.39, 0.29) is 5.97 Å². The maximum absolute atomic E-state index is 12.2. The molecule has 4 rings (SSSR count). The molecule has 4 fully saturated rings. The Balaban J connectivity index is 1.91. The minimum Gasteiger partial charge on any atom is -0.469 e. The molecule has 104 valence electrons. The Morgan fingerprint density at radius 2 is 2.16 bits per heavy atom. The van der Waals surface area contributed by atoms with E-state index in [1.807, 2.05) is 0 Å². The molecule has 4 aliphatic rings. The Hall–Kier alpha value is -1.30. The number of azide groups is 1. The van der Waals surface area contributed by atoms with Gasteiger partial charge in [0, 0.05) is 4.91 Å². The Labute approximate surface area is 111 Å². The highest BCUT2D eigenvalue weighted by molar-refractivity contribution is 5.81. The van der Waals surface area contributed by atoms with Gasteiger partial charge in [-0.3, -0.25) is 4.79 Å². The van der Waals surface area contributed by atoms with Crippen LogP contribution < -0.4 is 5.32 Å². The van der Waals surface area contributed by atoms with Crippen molar-refractivity contribution in [3.05, 3.63) is 10.4 Å². The highest BCUT2D eigenvalue weighted by Gasteiger charge is 2.78. The fraction of sp³-hybridized carbons (Fsp3) is 0.917. The van der Waals surface area contributed by atoms with Crippen molar-refractivity contribution in [2.24, 2.45) is 10.5 Å². The number of esters is 1. The number of piperidine rings is 1. The first-order chi connectivity index (χ1) is 9.12. The molecule has 1 aliphatic carbocycles. The van der Waals surface area contributed by atoms with Crippen molar-refractivity contribution in [2.45, 2.75) is 36.9 Å². The number of ether oxygens (including phenoxy) is 2. The lowest BCUT2D eigenvalue weighted by Crippen LogP contribution is -2.58. The molecule has 3 saturated heterocycles. The minimum absolute atomic E-state index is 0.177. The molecule has 0 aromatic carbocycles. The molecule has 0 atom stereocenters. The largest absolute Gasteiger partial charge is 0.469 e. The van der Waals surface area contributed by atoms with Gasteiger partial charge in [0.25, 0.3) is 0 Å². The summed E-state index contributed by atoms with van der Waals surface area (Å²) in [6.45, 7) is 1.99. The Morgan fingerprint density at radius 1 is 1.47 bits per heavy atom. The fourth-order valence-electron chi connectivity index (χ4n) is 4.20. The standard InChI is InChI=1S/C12H18N4O3/c1-18-9(17)11-6-10(7-11,8-15-16-13)19-12(11)2-4-14-5-3-12/h14H,2-8H2,1H3. The van der Waals surface area contributed by atoms with Crippen LogP contribution in [0, 0.1) is 5.41 Å². The predicted octanol–water partition coefficient (Wildman–Crippen LogP) is 1.14. The molecule has 19 heavy (non-hydrogen) atoms. The smallest absolute Gasteiger partial charge is 0.314 e. The molecule has 0 radical (unpaired) electrons. The first-order valence-electron chi connectivity index (χ1n) is 6.62. The molecule has 7 heteroatoms. The van der Waals surface area contributed by atoms with Crippen LogP contribution in [-0.2, 0) is 14.3 Å². The first-order valence-corrected chi connectivity index (χ1v) is 6.62. The van der Waals surface area contributed by atoms with E-state index in [0.29, 0.717) is 19.4 Å². The van der Waals surface area contributed by atoms with Crippen LogP contribution in [0.2, 0.25) is 0 Å². The molecule has 0 unspecified atom stereocenters. The second-order valence-electron chi connectivity index (χ2n) is 5.85. The van der Waals surface area contributed by atoms with Gasteiger partial charge >= 0.3 is 5.97 Å². The lowest BCUT2D eigenvalue weighted by atomic mass is 9.54. The molecule has 2 bridgehead atoms. The maximum atomic E-state index is 12.2. The van der Waals surface area contributed by atoms with Gasteiger partial charge in [-0.15, -0.1) is 0 Å². The van der Waals surface area contributed by atoms with Gasteiger partial charge in [0.05, 0.1) is 24.9 Å². The molecule has 0 amide bonds. The highest BCUT2D eigenvalue weighted by Crippen LogP contribution is 2.69.